The Morgan fingerprint density at radius 3 is 2.52 bits per heavy atom. The molecule has 1 N–H and O–H groups in total. The first-order valence-electron chi connectivity index (χ1n) is 12.0. The maximum Gasteiger partial charge on any atom is 0.418 e. The molecule has 0 spiro atoms. The number of hydrogen-bond acceptors (Lipinski definition) is 5. The van der Waals surface area contributed by atoms with Crippen molar-refractivity contribution in [1.29, 1.82) is 0 Å². The highest BCUT2D eigenvalue weighted by atomic mass is 35.5. The van der Waals surface area contributed by atoms with Gasteiger partial charge in [0.15, 0.2) is 0 Å². The Kier molecular flexibility index (Phi) is 8.29. The summed E-state index contributed by atoms with van der Waals surface area (Å²) in [6.07, 6.45) is -5.14. The summed E-state index contributed by atoms with van der Waals surface area (Å²) in [5, 5.41) is 2.90. The summed E-state index contributed by atoms with van der Waals surface area (Å²) in [6.45, 7) is 1.72. The van der Waals surface area contributed by atoms with Gasteiger partial charge in [0, 0.05) is 22.4 Å². The van der Waals surface area contributed by atoms with E-state index < -0.39 is 47.2 Å². The summed E-state index contributed by atoms with van der Waals surface area (Å²) in [7, 11) is 1.28. The fourth-order valence-corrected chi connectivity index (χ4v) is 4.46. The predicted molar refractivity (Wildman–Crippen MR) is 142 cm³/mol. The quantitative estimate of drug-likeness (QED) is 0.148. The van der Waals surface area contributed by atoms with Crippen molar-refractivity contribution in [2.24, 2.45) is 0 Å². The number of hydrogen-bond donors (Lipinski definition) is 1. The fraction of sp³-hybridized carbons (Fsp3) is 0.207. The SMILES string of the molecule is COC(=O)CCc1cccc(-c2c(CC(=O)Nc3ccc(F)cc3C(F)(F)F)c(=O)oc3cc(C)c(Cl)cc23)c1. The number of nitrogens with one attached hydrogen (secondary N) is 1. The number of anilines is 1. The summed E-state index contributed by atoms with van der Waals surface area (Å²) in [5.41, 5.74) is -0.639. The molecule has 3 aromatic carbocycles. The van der Waals surface area contributed by atoms with Crippen LogP contribution in [0.25, 0.3) is 22.1 Å². The second kappa shape index (κ2) is 11.5. The van der Waals surface area contributed by atoms with E-state index in [0.717, 1.165) is 17.7 Å². The van der Waals surface area contributed by atoms with E-state index >= 15 is 0 Å². The highest BCUT2D eigenvalue weighted by Crippen LogP contribution is 2.37. The first-order valence-corrected chi connectivity index (χ1v) is 12.3. The van der Waals surface area contributed by atoms with E-state index in [4.69, 9.17) is 16.0 Å². The van der Waals surface area contributed by atoms with Crippen LogP contribution in [0.2, 0.25) is 5.02 Å². The average molecular weight is 576 g/mol. The molecular formula is C29H22ClF4NO5. The smallest absolute Gasteiger partial charge is 0.418 e. The minimum atomic E-state index is -4.93. The number of carbonyl (C=O) groups is 2. The van der Waals surface area contributed by atoms with Gasteiger partial charge in [0.05, 0.1) is 30.3 Å². The number of alkyl halides is 3. The van der Waals surface area contributed by atoms with E-state index in [9.17, 15) is 31.9 Å². The molecule has 11 heteroatoms. The molecule has 0 aliphatic heterocycles. The molecular weight excluding hydrogens is 554 g/mol. The van der Waals surface area contributed by atoms with Crippen molar-refractivity contribution in [2.45, 2.75) is 32.4 Å². The lowest BCUT2D eigenvalue weighted by Gasteiger charge is -2.16. The zero-order valence-electron chi connectivity index (χ0n) is 21.2. The molecule has 0 aliphatic rings. The molecule has 0 atom stereocenters. The number of ether oxygens (including phenoxy) is 1. The highest BCUT2D eigenvalue weighted by molar-refractivity contribution is 6.32. The van der Waals surface area contributed by atoms with Crippen molar-refractivity contribution in [1.82, 2.24) is 0 Å². The molecule has 1 heterocycles. The van der Waals surface area contributed by atoms with Crippen molar-refractivity contribution in [3.8, 4) is 11.1 Å². The number of carbonyl (C=O) groups excluding carboxylic acids is 2. The zero-order valence-corrected chi connectivity index (χ0v) is 22.0. The molecule has 4 rings (SSSR count). The van der Waals surface area contributed by atoms with Crippen molar-refractivity contribution >= 4 is 40.1 Å². The van der Waals surface area contributed by atoms with E-state index in [2.05, 4.69) is 10.1 Å². The standard InChI is InChI=1S/C29H22ClF4NO5/c1-15-10-24-19(13-22(15)30)27(17-5-3-4-16(11-17)6-9-26(37)39-2)20(28(38)40-24)14-25(36)35-23-8-7-18(31)12-21(23)29(32,33)34/h3-5,7-8,10-13H,6,9,14H2,1-2H3,(H,35,36). The molecule has 40 heavy (non-hydrogen) atoms. The van der Waals surface area contributed by atoms with Crippen LogP contribution >= 0.6 is 11.6 Å². The molecule has 0 unspecified atom stereocenters. The third-order valence-electron chi connectivity index (χ3n) is 6.24. The summed E-state index contributed by atoms with van der Waals surface area (Å²) < 4.78 is 64.0. The lowest BCUT2D eigenvalue weighted by molar-refractivity contribution is -0.140. The third-order valence-corrected chi connectivity index (χ3v) is 6.65. The second-order valence-corrected chi connectivity index (χ2v) is 9.44. The Bertz CT molecular complexity index is 1680. The fourth-order valence-electron chi connectivity index (χ4n) is 4.30. The van der Waals surface area contributed by atoms with E-state index in [1.54, 1.807) is 43.3 Å². The molecule has 4 aromatic rings. The number of benzene rings is 3. The highest BCUT2D eigenvalue weighted by Gasteiger charge is 2.34. The van der Waals surface area contributed by atoms with Crippen LogP contribution < -0.4 is 10.9 Å². The number of rotatable bonds is 7. The Morgan fingerprint density at radius 1 is 1.07 bits per heavy atom. The van der Waals surface area contributed by atoms with Gasteiger partial charge < -0.3 is 14.5 Å². The number of halogens is 5. The minimum absolute atomic E-state index is 0.108. The van der Waals surface area contributed by atoms with E-state index in [1.165, 1.54) is 7.11 Å². The Balaban J connectivity index is 1.81. The molecule has 0 radical (unpaired) electrons. The van der Waals surface area contributed by atoms with Gasteiger partial charge in [-0.1, -0.05) is 35.9 Å². The van der Waals surface area contributed by atoms with Crippen LogP contribution in [-0.4, -0.2) is 19.0 Å². The lowest BCUT2D eigenvalue weighted by atomic mass is 9.93. The van der Waals surface area contributed by atoms with E-state index in [-0.39, 0.29) is 23.6 Å². The normalized spacial score (nSPS) is 11.5. The maximum atomic E-state index is 13.5. The van der Waals surface area contributed by atoms with Crippen molar-refractivity contribution < 1.29 is 36.3 Å². The van der Waals surface area contributed by atoms with Gasteiger partial charge in [0.25, 0.3) is 0 Å². The van der Waals surface area contributed by atoms with Gasteiger partial charge in [-0.3, -0.25) is 9.59 Å². The van der Waals surface area contributed by atoms with Gasteiger partial charge in [0.2, 0.25) is 5.91 Å². The van der Waals surface area contributed by atoms with Gasteiger partial charge in [-0.25, -0.2) is 9.18 Å². The largest absolute Gasteiger partial charge is 0.469 e. The number of fused-ring (bicyclic) bond motifs is 1. The predicted octanol–water partition coefficient (Wildman–Crippen LogP) is 6.87. The zero-order chi connectivity index (χ0) is 29.2. The summed E-state index contributed by atoms with van der Waals surface area (Å²) >= 11 is 6.37. The molecule has 208 valence electrons. The number of amides is 1. The van der Waals surface area contributed by atoms with Gasteiger partial charge >= 0.3 is 17.8 Å². The van der Waals surface area contributed by atoms with Gasteiger partial charge in [-0.05, 0) is 60.4 Å². The average Bonchev–Trinajstić information content (AvgIpc) is 2.89. The maximum absolute atomic E-state index is 13.5. The first-order chi connectivity index (χ1) is 18.9. The minimum Gasteiger partial charge on any atom is -0.469 e. The van der Waals surface area contributed by atoms with Gasteiger partial charge in [0.1, 0.15) is 11.4 Å². The summed E-state index contributed by atoms with van der Waals surface area (Å²) in [4.78, 5) is 37.8. The van der Waals surface area contributed by atoms with Crippen molar-refractivity contribution in [3.05, 3.63) is 98.1 Å². The van der Waals surface area contributed by atoms with Crippen LogP contribution in [0.1, 0.15) is 28.7 Å². The lowest BCUT2D eigenvalue weighted by Crippen LogP contribution is -2.22. The number of esters is 1. The molecule has 6 nitrogen and oxygen atoms in total. The van der Waals surface area contributed by atoms with Crippen molar-refractivity contribution in [3.63, 3.8) is 0 Å². The Hall–Kier alpha value is -4.18. The van der Waals surface area contributed by atoms with E-state index in [1.807, 2.05) is 0 Å². The molecule has 0 aliphatic carbocycles. The molecule has 1 amide bonds. The van der Waals surface area contributed by atoms with Crippen LogP contribution in [0.3, 0.4) is 0 Å². The van der Waals surface area contributed by atoms with Crippen molar-refractivity contribution in [2.75, 3.05) is 12.4 Å². The van der Waals surface area contributed by atoms with Crippen LogP contribution in [0.5, 0.6) is 0 Å². The monoisotopic (exact) mass is 575 g/mol. The topological polar surface area (TPSA) is 85.6 Å². The Labute approximate surface area is 230 Å². The van der Waals surface area contributed by atoms with Gasteiger partial charge in [-0.15, -0.1) is 0 Å². The number of aryl methyl sites for hydroxylation is 2. The van der Waals surface area contributed by atoms with Crippen LogP contribution in [0.4, 0.5) is 23.2 Å². The molecule has 1 aromatic heterocycles. The van der Waals surface area contributed by atoms with Crippen LogP contribution in [-0.2, 0) is 33.3 Å². The first kappa shape index (κ1) is 28.8. The second-order valence-electron chi connectivity index (χ2n) is 9.03. The van der Waals surface area contributed by atoms with Gasteiger partial charge in [-0.2, -0.15) is 13.2 Å². The van der Waals surface area contributed by atoms with Crippen LogP contribution in [0.15, 0.2) is 63.8 Å². The Morgan fingerprint density at radius 2 is 1.82 bits per heavy atom. The summed E-state index contributed by atoms with van der Waals surface area (Å²) in [6, 6.07) is 11.9. The van der Waals surface area contributed by atoms with E-state index in [0.29, 0.717) is 33.5 Å². The molecule has 0 saturated carbocycles. The third kappa shape index (κ3) is 6.34. The summed E-state index contributed by atoms with van der Waals surface area (Å²) in [5.74, 6) is -2.48. The molecule has 0 bridgehead atoms. The molecule has 0 saturated heterocycles. The number of methoxy groups -OCH3 is 1. The van der Waals surface area contributed by atoms with Crippen LogP contribution in [0, 0.1) is 12.7 Å². The molecule has 0 fully saturated rings.